The maximum Gasteiger partial charge on any atom is 0.525 e. The number of ether oxygens (including phenoxy) is 3. The molecule has 1 aliphatic heterocycles. The first kappa shape index (κ1) is 13.0. The summed E-state index contributed by atoms with van der Waals surface area (Å²) in [6, 6.07) is 0. The molecule has 0 aromatic heterocycles. The standard InChI is InChI=1S/C5H2F6O5/c6-3(1(12)13)2(14-4(7,8)9)15-5(10,11)16-3/h2H,(H,12,13). The molecular formula is C5H2F6O5. The molecule has 2 atom stereocenters. The number of rotatable bonds is 2. The Hall–Kier alpha value is -1.07. The summed E-state index contributed by atoms with van der Waals surface area (Å²) in [4.78, 5) is 10.1. The van der Waals surface area contributed by atoms with Gasteiger partial charge in [0.05, 0.1) is 0 Å². The first-order valence-corrected chi connectivity index (χ1v) is 3.39. The third kappa shape index (κ3) is 2.54. The summed E-state index contributed by atoms with van der Waals surface area (Å²) in [5.74, 6) is -7.18. The molecule has 0 aliphatic carbocycles. The molecule has 0 bridgehead atoms. The Morgan fingerprint density at radius 1 is 1.31 bits per heavy atom. The van der Waals surface area contributed by atoms with Crippen molar-refractivity contribution >= 4 is 5.97 Å². The first-order chi connectivity index (χ1) is 6.96. The van der Waals surface area contributed by atoms with Crippen LogP contribution in [-0.4, -0.2) is 35.9 Å². The summed E-state index contributed by atoms with van der Waals surface area (Å²) >= 11 is 0. The van der Waals surface area contributed by atoms with Crippen molar-refractivity contribution in [3.05, 3.63) is 0 Å². The van der Waals surface area contributed by atoms with Crippen molar-refractivity contribution in [2.24, 2.45) is 0 Å². The van der Waals surface area contributed by atoms with E-state index in [0.29, 0.717) is 0 Å². The predicted octanol–water partition coefficient (Wildman–Crippen LogP) is 1.20. The average Bonchev–Trinajstić information content (AvgIpc) is 2.18. The second-order valence-electron chi connectivity index (χ2n) is 2.53. The van der Waals surface area contributed by atoms with E-state index >= 15 is 0 Å². The molecule has 16 heavy (non-hydrogen) atoms. The highest BCUT2D eigenvalue weighted by atomic mass is 19.4. The van der Waals surface area contributed by atoms with E-state index in [9.17, 15) is 31.1 Å². The summed E-state index contributed by atoms with van der Waals surface area (Å²) in [5, 5.41) is 8.11. The summed E-state index contributed by atoms with van der Waals surface area (Å²) in [7, 11) is 0. The summed E-state index contributed by atoms with van der Waals surface area (Å²) in [6.07, 6.45) is -13.9. The molecule has 5 nitrogen and oxygen atoms in total. The Morgan fingerprint density at radius 3 is 2.19 bits per heavy atom. The van der Waals surface area contributed by atoms with Crippen molar-refractivity contribution in [3.63, 3.8) is 0 Å². The third-order valence-corrected chi connectivity index (χ3v) is 1.35. The fraction of sp³-hybridized carbons (Fsp3) is 0.800. The van der Waals surface area contributed by atoms with E-state index < -0.39 is 30.8 Å². The molecule has 1 fully saturated rings. The zero-order valence-corrected chi connectivity index (χ0v) is 6.93. The Labute approximate surface area is 82.5 Å². The SMILES string of the molecule is O=C(O)C1(F)OC(F)(F)OC1OC(F)(F)F. The van der Waals surface area contributed by atoms with Crippen molar-refractivity contribution in [2.75, 3.05) is 0 Å². The number of halogens is 6. The second-order valence-corrected chi connectivity index (χ2v) is 2.53. The van der Waals surface area contributed by atoms with Gasteiger partial charge in [-0.2, -0.15) is 4.39 Å². The van der Waals surface area contributed by atoms with Gasteiger partial charge >= 0.3 is 24.5 Å². The lowest BCUT2D eigenvalue weighted by Gasteiger charge is -2.19. The molecule has 0 amide bonds. The molecular weight excluding hydrogens is 254 g/mol. The van der Waals surface area contributed by atoms with Gasteiger partial charge in [-0.25, -0.2) is 9.53 Å². The molecule has 11 heteroatoms. The Kier molecular flexibility index (Phi) is 2.81. The Morgan fingerprint density at radius 2 is 1.81 bits per heavy atom. The molecule has 1 saturated heterocycles. The van der Waals surface area contributed by atoms with E-state index in [-0.39, 0.29) is 0 Å². The van der Waals surface area contributed by atoms with Gasteiger partial charge in [-0.1, -0.05) is 0 Å². The number of hydrogen-bond acceptors (Lipinski definition) is 4. The quantitative estimate of drug-likeness (QED) is 0.752. The number of carboxylic acids is 1. The minimum atomic E-state index is -5.57. The minimum absolute atomic E-state index is 2.73. The third-order valence-electron chi connectivity index (χ3n) is 1.35. The summed E-state index contributed by atoms with van der Waals surface area (Å²) in [5.41, 5.74) is 0. The highest BCUT2D eigenvalue weighted by Crippen LogP contribution is 2.42. The first-order valence-electron chi connectivity index (χ1n) is 3.39. The van der Waals surface area contributed by atoms with Crippen LogP contribution in [0, 0.1) is 0 Å². The fourth-order valence-electron chi connectivity index (χ4n) is 0.811. The van der Waals surface area contributed by atoms with Gasteiger partial charge in [0.15, 0.2) is 0 Å². The maximum absolute atomic E-state index is 13.1. The van der Waals surface area contributed by atoms with Crippen molar-refractivity contribution in [3.8, 4) is 0 Å². The van der Waals surface area contributed by atoms with E-state index in [4.69, 9.17) is 5.11 Å². The molecule has 2 unspecified atom stereocenters. The Balaban J connectivity index is 2.94. The smallest absolute Gasteiger partial charge is 0.477 e. The summed E-state index contributed by atoms with van der Waals surface area (Å²) in [6.45, 7) is 0. The number of carbonyl (C=O) groups is 1. The van der Waals surface area contributed by atoms with Gasteiger partial charge in [0, 0.05) is 0 Å². The lowest BCUT2D eigenvalue weighted by Crippen LogP contribution is -2.46. The van der Waals surface area contributed by atoms with E-state index in [1.807, 2.05) is 0 Å². The second kappa shape index (κ2) is 3.46. The van der Waals surface area contributed by atoms with E-state index in [1.165, 1.54) is 0 Å². The highest BCUT2D eigenvalue weighted by molar-refractivity contribution is 5.76. The van der Waals surface area contributed by atoms with Gasteiger partial charge in [-0.15, -0.1) is 22.0 Å². The number of hydrogen-bond donors (Lipinski definition) is 1. The molecule has 0 aromatic carbocycles. The van der Waals surface area contributed by atoms with Crippen LogP contribution in [0.1, 0.15) is 0 Å². The largest absolute Gasteiger partial charge is 0.525 e. The van der Waals surface area contributed by atoms with Crippen molar-refractivity contribution < 1.29 is 50.5 Å². The Bertz CT molecular complexity index is 302. The molecule has 1 heterocycles. The molecule has 94 valence electrons. The summed E-state index contributed by atoms with van der Waals surface area (Å²) < 4.78 is 81.0. The van der Waals surface area contributed by atoms with Gasteiger partial charge < -0.3 is 5.11 Å². The van der Waals surface area contributed by atoms with Crippen molar-refractivity contribution in [1.29, 1.82) is 0 Å². The van der Waals surface area contributed by atoms with E-state index in [2.05, 4.69) is 14.2 Å². The lowest BCUT2D eigenvalue weighted by molar-refractivity contribution is -0.410. The molecule has 1 N–H and O–H groups in total. The van der Waals surface area contributed by atoms with Crippen LogP contribution in [0.15, 0.2) is 0 Å². The zero-order valence-electron chi connectivity index (χ0n) is 6.93. The van der Waals surface area contributed by atoms with Crippen LogP contribution in [0.2, 0.25) is 0 Å². The topological polar surface area (TPSA) is 65.0 Å². The molecule has 0 spiro atoms. The molecule has 0 saturated carbocycles. The van der Waals surface area contributed by atoms with Gasteiger partial charge in [-0.05, 0) is 0 Å². The minimum Gasteiger partial charge on any atom is -0.477 e. The van der Waals surface area contributed by atoms with E-state index in [0.717, 1.165) is 0 Å². The molecule has 1 aliphatic rings. The predicted molar refractivity (Wildman–Crippen MR) is 29.5 cm³/mol. The van der Waals surface area contributed by atoms with Crippen LogP contribution in [0.5, 0.6) is 0 Å². The van der Waals surface area contributed by atoms with Gasteiger partial charge in [0.25, 0.3) is 0 Å². The average molecular weight is 256 g/mol. The van der Waals surface area contributed by atoms with Gasteiger partial charge in [0.1, 0.15) is 0 Å². The lowest BCUT2D eigenvalue weighted by atomic mass is 10.3. The number of carboxylic acid groups (broad SMARTS) is 1. The normalized spacial score (nSPS) is 34.0. The number of aliphatic carboxylic acids is 1. The van der Waals surface area contributed by atoms with Crippen LogP contribution in [0.25, 0.3) is 0 Å². The zero-order chi connectivity index (χ0) is 12.8. The maximum atomic E-state index is 13.1. The highest BCUT2D eigenvalue weighted by Gasteiger charge is 2.68. The number of alkyl halides is 6. The molecule has 0 radical (unpaired) electrons. The molecule has 0 aromatic rings. The van der Waals surface area contributed by atoms with Crippen molar-refractivity contribution in [1.82, 2.24) is 0 Å². The van der Waals surface area contributed by atoms with Gasteiger partial charge in [-0.3, -0.25) is 9.47 Å². The fourth-order valence-corrected chi connectivity index (χ4v) is 0.811. The van der Waals surface area contributed by atoms with Crippen molar-refractivity contribution in [2.45, 2.75) is 24.8 Å². The van der Waals surface area contributed by atoms with Crippen LogP contribution in [0.3, 0.4) is 0 Å². The van der Waals surface area contributed by atoms with E-state index in [1.54, 1.807) is 0 Å². The van der Waals surface area contributed by atoms with Crippen LogP contribution < -0.4 is 0 Å². The monoisotopic (exact) mass is 256 g/mol. The molecule has 1 rings (SSSR count). The van der Waals surface area contributed by atoms with Gasteiger partial charge in [0.2, 0.25) is 6.29 Å². The van der Waals surface area contributed by atoms with Crippen LogP contribution in [0.4, 0.5) is 26.3 Å². The van der Waals surface area contributed by atoms with Crippen LogP contribution in [-0.2, 0) is 19.0 Å². The van der Waals surface area contributed by atoms with Crippen LogP contribution >= 0.6 is 0 Å².